The molecule has 0 aliphatic carbocycles. The van der Waals surface area contributed by atoms with E-state index in [1.165, 1.54) is 12.8 Å². The second kappa shape index (κ2) is 6.92. The van der Waals surface area contributed by atoms with E-state index in [2.05, 4.69) is 32.3 Å². The van der Waals surface area contributed by atoms with Crippen molar-refractivity contribution < 1.29 is 0 Å². The number of piperidine rings is 1. The van der Waals surface area contributed by atoms with Crippen LogP contribution in [0.4, 0.5) is 11.8 Å². The van der Waals surface area contributed by atoms with Crippen LogP contribution >= 0.6 is 11.6 Å². The summed E-state index contributed by atoms with van der Waals surface area (Å²) in [4.78, 5) is 6.80. The highest BCUT2D eigenvalue weighted by atomic mass is 35.5. The summed E-state index contributed by atoms with van der Waals surface area (Å²) in [7, 11) is 0. The molecule has 0 radical (unpaired) electrons. The van der Waals surface area contributed by atoms with Gasteiger partial charge in [-0.2, -0.15) is 10.1 Å². The van der Waals surface area contributed by atoms with Crippen molar-refractivity contribution in [2.24, 2.45) is 5.92 Å². The van der Waals surface area contributed by atoms with E-state index < -0.39 is 0 Å². The first kappa shape index (κ1) is 15.0. The summed E-state index contributed by atoms with van der Waals surface area (Å²) >= 11 is 5.89. The molecule has 6 heteroatoms. The molecule has 1 fully saturated rings. The molecule has 0 spiro atoms. The van der Waals surface area contributed by atoms with Crippen molar-refractivity contribution in [2.45, 2.75) is 26.3 Å². The average Bonchev–Trinajstić information content (AvgIpc) is 2.55. The molecular formula is C16H20ClN5. The first-order valence-electron chi connectivity index (χ1n) is 7.64. The second-order valence-electron chi connectivity index (χ2n) is 5.82. The van der Waals surface area contributed by atoms with Crippen molar-refractivity contribution in [3.63, 3.8) is 0 Å². The molecule has 2 heterocycles. The molecule has 1 aliphatic heterocycles. The number of hydrogen-bond donors (Lipinski definition) is 1. The van der Waals surface area contributed by atoms with E-state index in [0.29, 0.717) is 18.4 Å². The van der Waals surface area contributed by atoms with Gasteiger partial charge in [-0.1, -0.05) is 30.7 Å². The molecule has 0 saturated carbocycles. The Hall–Kier alpha value is -1.88. The Morgan fingerprint density at radius 1 is 1.32 bits per heavy atom. The van der Waals surface area contributed by atoms with Crippen molar-refractivity contribution in [1.82, 2.24) is 15.2 Å². The molecule has 1 aromatic carbocycles. The number of nitrogens with one attached hydrogen (secondary N) is 1. The van der Waals surface area contributed by atoms with Gasteiger partial charge in [-0.3, -0.25) is 0 Å². The van der Waals surface area contributed by atoms with Gasteiger partial charge in [0.25, 0.3) is 0 Å². The highest BCUT2D eigenvalue weighted by molar-refractivity contribution is 6.30. The van der Waals surface area contributed by atoms with Crippen LogP contribution in [-0.4, -0.2) is 28.3 Å². The van der Waals surface area contributed by atoms with Gasteiger partial charge in [-0.25, -0.2) is 0 Å². The molecule has 1 aromatic heterocycles. The molecule has 5 nitrogen and oxygen atoms in total. The molecule has 2 aromatic rings. The molecule has 116 valence electrons. The third kappa shape index (κ3) is 3.85. The highest BCUT2D eigenvalue weighted by Crippen LogP contribution is 2.20. The van der Waals surface area contributed by atoms with E-state index in [1.807, 2.05) is 24.3 Å². The van der Waals surface area contributed by atoms with Gasteiger partial charge in [0, 0.05) is 24.7 Å². The number of aromatic nitrogens is 3. The molecule has 0 bridgehead atoms. The van der Waals surface area contributed by atoms with E-state index in [0.717, 1.165) is 29.5 Å². The maximum Gasteiger partial charge on any atom is 0.247 e. The summed E-state index contributed by atoms with van der Waals surface area (Å²) in [6, 6.07) is 7.77. The molecule has 22 heavy (non-hydrogen) atoms. The van der Waals surface area contributed by atoms with E-state index in [-0.39, 0.29) is 0 Å². The lowest BCUT2D eigenvalue weighted by molar-refractivity contribution is 0.441. The Balaban J connectivity index is 1.64. The Kier molecular flexibility index (Phi) is 4.73. The van der Waals surface area contributed by atoms with Crippen LogP contribution in [0.15, 0.2) is 30.5 Å². The third-order valence-electron chi connectivity index (χ3n) is 3.87. The summed E-state index contributed by atoms with van der Waals surface area (Å²) < 4.78 is 0. The van der Waals surface area contributed by atoms with Crippen LogP contribution in [0, 0.1) is 5.92 Å². The van der Waals surface area contributed by atoms with Crippen LogP contribution < -0.4 is 10.2 Å². The van der Waals surface area contributed by atoms with Gasteiger partial charge in [-0.05, 0) is 36.5 Å². The number of nitrogens with zero attached hydrogens (tertiary/aromatic N) is 4. The van der Waals surface area contributed by atoms with Gasteiger partial charge in [0.2, 0.25) is 5.95 Å². The molecule has 1 aliphatic rings. The normalized spacial score (nSPS) is 18.3. The molecule has 3 rings (SSSR count). The van der Waals surface area contributed by atoms with Crippen LogP contribution in [0.3, 0.4) is 0 Å². The Bertz CT molecular complexity index is 616. The molecule has 1 unspecified atom stereocenters. The maximum atomic E-state index is 5.89. The smallest absolute Gasteiger partial charge is 0.247 e. The van der Waals surface area contributed by atoms with Gasteiger partial charge in [-0.15, -0.1) is 5.10 Å². The zero-order valence-electron chi connectivity index (χ0n) is 12.7. The number of benzene rings is 1. The van der Waals surface area contributed by atoms with Gasteiger partial charge in [0.1, 0.15) is 0 Å². The Morgan fingerprint density at radius 3 is 2.91 bits per heavy atom. The fourth-order valence-electron chi connectivity index (χ4n) is 2.68. The first-order valence-corrected chi connectivity index (χ1v) is 8.01. The lowest BCUT2D eigenvalue weighted by Gasteiger charge is -2.30. The van der Waals surface area contributed by atoms with Crippen LogP contribution in [0.2, 0.25) is 5.02 Å². The zero-order chi connectivity index (χ0) is 15.4. The zero-order valence-corrected chi connectivity index (χ0v) is 13.4. The van der Waals surface area contributed by atoms with E-state index >= 15 is 0 Å². The van der Waals surface area contributed by atoms with Crippen LogP contribution in [0.25, 0.3) is 0 Å². The number of rotatable bonds is 4. The number of hydrogen-bond acceptors (Lipinski definition) is 5. The molecular weight excluding hydrogens is 298 g/mol. The summed E-state index contributed by atoms with van der Waals surface area (Å²) in [6.07, 6.45) is 4.12. The second-order valence-corrected chi connectivity index (χ2v) is 6.25. The number of anilines is 2. The highest BCUT2D eigenvalue weighted by Gasteiger charge is 2.19. The molecule has 1 saturated heterocycles. The Labute approximate surface area is 135 Å². The number of halogens is 1. The van der Waals surface area contributed by atoms with Crippen LogP contribution in [0.5, 0.6) is 0 Å². The predicted molar refractivity (Wildman–Crippen MR) is 89.2 cm³/mol. The third-order valence-corrected chi connectivity index (χ3v) is 4.13. The molecule has 0 amide bonds. The van der Waals surface area contributed by atoms with Crippen molar-refractivity contribution in [1.29, 1.82) is 0 Å². The summed E-state index contributed by atoms with van der Waals surface area (Å²) in [5.74, 6) is 2.15. The maximum absolute atomic E-state index is 5.89. The standard InChI is InChI=1S/C16H20ClN5/c1-12-3-2-8-22(11-12)16-20-15(10-19-21-16)18-9-13-4-6-14(17)7-5-13/h4-7,10,12H,2-3,8-9,11H2,1H3,(H,18,20,21). The van der Waals surface area contributed by atoms with E-state index in [1.54, 1.807) is 6.20 Å². The molecule has 1 atom stereocenters. The monoisotopic (exact) mass is 317 g/mol. The minimum atomic E-state index is 0.683. The fraction of sp³-hybridized carbons (Fsp3) is 0.438. The fourth-order valence-corrected chi connectivity index (χ4v) is 2.81. The quantitative estimate of drug-likeness (QED) is 0.937. The van der Waals surface area contributed by atoms with Crippen LogP contribution in [-0.2, 0) is 6.54 Å². The summed E-state index contributed by atoms with van der Waals surface area (Å²) in [6.45, 7) is 4.96. The van der Waals surface area contributed by atoms with Crippen molar-refractivity contribution >= 4 is 23.4 Å². The minimum absolute atomic E-state index is 0.683. The Morgan fingerprint density at radius 2 is 2.14 bits per heavy atom. The van der Waals surface area contributed by atoms with Gasteiger partial charge >= 0.3 is 0 Å². The summed E-state index contributed by atoms with van der Waals surface area (Å²) in [5.41, 5.74) is 1.15. The average molecular weight is 318 g/mol. The molecule has 1 N–H and O–H groups in total. The van der Waals surface area contributed by atoms with E-state index in [4.69, 9.17) is 11.6 Å². The van der Waals surface area contributed by atoms with E-state index in [9.17, 15) is 0 Å². The van der Waals surface area contributed by atoms with Gasteiger partial charge in [0.05, 0.1) is 6.20 Å². The first-order chi connectivity index (χ1) is 10.7. The van der Waals surface area contributed by atoms with Gasteiger partial charge < -0.3 is 10.2 Å². The summed E-state index contributed by atoms with van der Waals surface area (Å²) in [5, 5.41) is 12.3. The predicted octanol–water partition coefficient (Wildman–Crippen LogP) is 3.37. The lowest BCUT2D eigenvalue weighted by atomic mass is 10.0. The van der Waals surface area contributed by atoms with Crippen molar-refractivity contribution in [3.8, 4) is 0 Å². The largest absolute Gasteiger partial charge is 0.365 e. The lowest BCUT2D eigenvalue weighted by Crippen LogP contribution is -2.35. The van der Waals surface area contributed by atoms with Crippen molar-refractivity contribution in [3.05, 3.63) is 41.0 Å². The SMILES string of the molecule is CC1CCCN(c2nncc(NCc3ccc(Cl)cc3)n2)C1. The van der Waals surface area contributed by atoms with Crippen molar-refractivity contribution in [2.75, 3.05) is 23.3 Å². The minimum Gasteiger partial charge on any atom is -0.365 e. The topological polar surface area (TPSA) is 53.9 Å². The van der Waals surface area contributed by atoms with Gasteiger partial charge in [0.15, 0.2) is 5.82 Å². The van der Waals surface area contributed by atoms with Crippen LogP contribution in [0.1, 0.15) is 25.3 Å².